The SMILES string of the molecule is CCCCCCS(=O)(=O)O.F.O=S(=O)([O-])C(F)(F)C(F)(F)C(F)CCC(F)(F)F.[K+]. The summed E-state index contributed by atoms with van der Waals surface area (Å²) in [6.45, 7) is 2.05. The van der Waals surface area contributed by atoms with Crippen molar-refractivity contribution in [2.24, 2.45) is 0 Å². The first kappa shape index (κ1) is 38.1. The van der Waals surface area contributed by atoms with Gasteiger partial charge in [0.25, 0.3) is 10.1 Å². The van der Waals surface area contributed by atoms with Crippen LogP contribution in [0.4, 0.5) is 39.8 Å². The van der Waals surface area contributed by atoms with Crippen molar-refractivity contribution in [2.75, 3.05) is 5.75 Å². The molecule has 1 N–H and O–H groups in total. The Hall–Kier alpha value is 0.826. The van der Waals surface area contributed by atoms with E-state index in [4.69, 9.17) is 4.55 Å². The third kappa shape index (κ3) is 15.6. The van der Waals surface area contributed by atoms with Crippen molar-refractivity contribution in [3.63, 3.8) is 0 Å². The molecule has 0 radical (unpaired) electrons. The number of hydrogen-bond acceptors (Lipinski definition) is 5. The Morgan fingerprint density at radius 1 is 0.933 bits per heavy atom. The summed E-state index contributed by atoms with van der Waals surface area (Å²) >= 11 is 0. The number of rotatable bonds is 10. The van der Waals surface area contributed by atoms with Gasteiger partial charge in [-0.05, 0) is 12.8 Å². The van der Waals surface area contributed by atoms with E-state index in [0.717, 1.165) is 19.3 Å². The van der Waals surface area contributed by atoms with Crippen molar-refractivity contribution >= 4 is 20.2 Å². The molecule has 6 nitrogen and oxygen atoms in total. The molecule has 0 aromatic rings. The van der Waals surface area contributed by atoms with Crippen LogP contribution < -0.4 is 51.4 Å². The molecule has 180 valence electrons. The second kappa shape index (κ2) is 14.9. The van der Waals surface area contributed by atoms with Gasteiger partial charge in [0.05, 0.1) is 5.75 Å². The van der Waals surface area contributed by atoms with Crippen LogP contribution >= 0.6 is 0 Å². The van der Waals surface area contributed by atoms with Gasteiger partial charge in [-0.2, -0.15) is 39.2 Å². The Morgan fingerprint density at radius 3 is 1.67 bits per heavy atom. The van der Waals surface area contributed by atoms with Crippen molar-refractivity contribution in [3.05, 3.63) is 0 Å². The molecule has 0 bridgehead atoms. The van der Waals surface area contributed by atoms with Crippen molar-refractivity contribution in [2.45, 2.75) is 69.0 Å². The summed E-state index contributed by atoms with van der Waals surface area (Å²) in [4.78, 5) is 0. The second-order valence-electron chi connectivity index (χ2n) is 5.56. The first-order valence-electron chi connectivity index (χ1n) is 7.56. The van der Waals surface area contributed by atoms with E-state index in [0.29, 0.717) is 6.42 Å². The van der Waals surface area contributed by atoms with E-state index >= 15 is 0 Å². The number of hydrogen-bond donors (Lipinski definition) is 1. The standard InChI is InChI=1S/C6H6F8O3S.C6H14O3S.FH.K/c7-3(1-2-4(8,9)10)5(11,12)6(13,14)18(15,16)17;1-2-3-4-5-6-10(7,8)9;;/h3H,1-2H2,(H,15,16,17);2-6H2,1H3,(H,7,8,9);1H;/q;;;+1/p-1. The normalized spacial score (nSPS) is 14.0. The summed E-state index contributed by atoms with van der Waals surface area (Å²) in [6, 6.07) is 0. The maximum Gasteiger partial charge on any atom is 1.00 e. The zero-order chi connectivity index (χ0) is 23.0. The van der Waals surface area contributed by atoms with Gasteiger partial charge in [0.15, 0.2) is 16.3 Å². The molecule has 0 fully saturated rings. The van der Waals surface area contributed by atoms with E-state index in [2.05, 4.69) is 0 Å². The van der Waals surface area contributed by atoms with Crippen molar-refractivity contribution in [1.82, 2.24) is 0 Å². The third-order valence-electron chi connectivity index (χ3n) is 3.03. The molecule has 1 unspecified atom stereocenters. The Morgan fingerprint density at radius 2 is 1.37 bits per heavy atom. The van der Waals surface area contributed by atoms with Gasteiger partial charge in [-0.15, -0.1) is 0 Å². The molecule has 0 saturated carbocycles. The average molecular weight is 535 g/mol. The largest absolute Gasteiger partial charge is 1.00 e. The molecule has 0 aromatic heterocycles. The van der Waals surface area contributed by atoms with Gasteiger partial charge in [0.2, 0.25) is 0 Å². The zero-order valence-electron chi connectivity index (χ0n) is 15.8. The van der Waals surface area contributed by atoms with E-state index < -0.39 is 56.6 Å². The van der Waals surface area contributed by atoms with E-state index in [1.807, 2.05) is 6.92 Å². The van der Waals surface area contributed by atoms with Gasteiger partial charge in [-0.25, -0.2) is 12.8 Å². The summed E-state index contributed by atoms with van der Waals surface area (Å²) in [5.74, 6) is -6.13. The molecule has 0 amide bonds. The Labute approximate surface area is 210 Å². The topological polar surface area (TPSA) is 112 Å². The van der Waals surface area contributed by atoms with Crippen molar-refractivity contribution in [3.8, 4) is 0 Å². The second-order valence-corrected chi connectivity index (χ2v) is 8.56. The van der Waals surface area contributed by atoms with Crippen LogP contribution in [-0.2, 0) is 20.2 Å². The molecule has 30 heavy (non-hydrogen) atoms. The molecule has 1 atom stereocenters. The van der Waals surface area contributed by atoms with Gasteiger partial charge >= 0.3 is 68.7 Å². The van der Waals surface area contributed by atoms with Crippen LogP contribution in [0.5, 0.6) is 0 Å². The number of alkyl halides is 8. The minimum Gasteiger partial charge on any atom is -0.743 e. The molecule has 0 rings (SSSR count). The third-order valence-corrected chi connectivity index (χ3v) is 4.74. The predicted octanol–water partition coefficient (Wildman–Crippen LogP) is 1.05. The molecule has 0 heterocycles. The molecule has 0 aliphatic heterocycles. The minimum atomic E-state index is -6.91. The number of halogens is 9. The Kier molecular flexibility index (Phi) is 18.9. The van der Waals surface area contributed by atoms with Gasteiger partial charge < -0.3 is 4.55 Å². The summed E-state index contributed by atoms with van der Waals surface area (Å²) in [6.07, 6.45) is -9.91. The average Bonchev–Trinajstić information content (AvgIpc) is 2.46. The molecular weight excluding hydrogens is 514 g/mol. The predicted molar refractivity (Wildman–Crippen MR) is 82.8 cm³/mol. The molecule has 0 saturated heterocycles. The minimum absolute atomic E-state index is 0. The summed E-state index contributed by atoms with van der Waals surface area (Å²) in [7, 11) is -10.6. The van der Waals surface area contributed by atoms with Gasteiger partial charge in [0, 0.05) is 6.42 Å². The zero-order valence-corrected chi connectivity index (χ0v) is 20.5. The maximum atomic E-state index is 12.6. The fourth-order valence-electron chi connectivity index (χ4n) is 1.53. The Bertz CT molecular complexity index is 668. The van der Waals surface area contributed by atoms with Gasteiger partial charge in [0.1, 0.15) is 0 Å². The molecule has 0 spiro atoms. The van der Waals surface area contributed by atoms with Gasteiger partial charge in [-0.1, -0.05) is 26.2 Å². The van der Waals surface area contributed by atoms with E-state index in [1.54, 1.807) is 0 Å². The van der Waals surface area contributed by atoms with Crippen LogP contribution in [0.1, 0.15) is 45.4 Å². The molecule has 0 aromatic carbocycles. The maximum absolute atomic E-state index is 12.6. The summed E-state index contributed by atoms with van der Waals surface area (Å²) in [5, 5.41) is -6.33. The van der Waals surface area contributed by atoms with Crippen molar-refractivity contribution < 1.29 is 117 Å². The summed E-state index contributed by atoms with van der Waals surface area (Å²) < 4.78 is 155. The monoisotopic (exact) mass is 534 g/mol. The van der Waals surface area contributed by atoms with E-state index in [1.165, 1.54) is 0 Å². The van der Waals surface area contributed by atoms with E-state index in [9.17, 15) is 56.5 Å². The quantitative estimate of drug-likeness (QED) is 0.194. The molecule has 0 aliphatic rings. The van der Waals surface area contributed by atoms with Crippen molar-refractivity contribution in [1.29, 1.82) is 0 Å². The van der Waals surface area contributed by atoms with E-state index in [-0.39, 0.29) is 61.8 Å². The van der Waals surface area contributed by atoms with Crippen LogP contribution in [0, 0.1) is 0 Å². The smallest absolute Gasteiger partial charge is 0.743 e. The molecule has 18 heteroatoms. The fourth-order valence-corrected chi connectivity index (χ4v) is 2.56. The first-order valence-corrected chi connectivity index (χ1v) is 10.6. The number of unbranched alkanes of at least 4 members (excludes halogenated alkanes) is 3. The van der Waals surface area contributed by atoms with Crippen LogP contribution in [0.2, 0.25) is 0 Å². The van der Waals surface area contributed by atoms with Crippen LogP contribution in [0.25, 0.3) is 0 Å². The Balaban J connectivity index is -0.000000243. The first-order chi connectivity index (χ1) is 12.2. The van der Waals surface area contributed by atoms with Crippen LogP contribution in [-0.4, -0.2) is 55.2 Å². The van der Waals surface area contributed by atoms with Gasteiger partial charge in [-0.3, -0.25) is 9.26 Å². The fraction of sp³-hybridized carbons (Fsp3) is 1.00. The molecule has 0 aliphatic carbocycles. The van der Waals surface area contributed by atoms with Crippen LogP contribution in [0.3, 0.4) is 0 Å². The molecular formula is C12H20F9KO6S2. The van der Waals surface area contributed by atoms with Crippen LogP contribution in [0.15, 0.2) is 0 Å². The summed E-state index contributed by atoms with van der Waals surface area (Å²) in [5.41, 5.74) is 0.